The molecule has 8 heteroatoms. The van der Waals surface area contributed by atoms with Crippen LogP contribution in [0.25, 0.3) is 0 Å². The molecule has 2 aromatic carbocycles. The van der Waals surface area contributed by atoms with E-state index in [4.69, 9.17) is 16.3 Å². The predicted octanol–water partition coefficient (Wildman–Crippen LogP) is 3.84. The van der Waals surface area contributed by atoms with Crippen molar-refractivity contribution in [1.29, 1.82) is 0 Å². The Balaban J connectivity index is 2.43. The van der Waals surface area contributed by atoms with Gasteiger partial charge in [-0.25, -0.2) is 8.42 Å². The van der Waals surface area contributed by atoms with Crippen LogP contribution in [0.15, 0.2) is 42.5 Å². The van der Waals surface area contributed by atoms with Gasteiger partial charge in [0.05, 0.1) is 24.7 Å². The zero-order chi connectivity index (χ0) is 20.2. The maximum Gasteiger partial charge on any atom is 0.248 e. The summed E-state index contributed by atoms with van der Waals surface area (Å²) in [5.41, 5.74) is 1.63. The largest absolute Gasteiger partial charge is 0.495 e. The van der Waals surface area contributed by atoms with E-state index in [9.17, 15) is 13.2 Å². The number of carbonyl (C=O) groups excluding carboxylic acids is 1. The molecule has 0 unspecified atom stereocenters. The lowest BCUT2D eigenvalue weighted by Gasteiger charge is -2.30. The van der Waals surface area contributed by atoms with Gasteiger partial charge in [0.1, 0.15) is 11.8 Å². The van der Waals surface area contributed by atoms with E-state index in [-0.39, 0.29) is 6.42 Å². The van der Waals surface area contributed by atoms with Crippen LogP contribution in [-0.4, -0.2) is 33.7 Å². The van der Waals surface area contributed by atoms with E-state index in [0.29, 0.717) is 22.1 Å². The average Bonchev–Trinajstić information content (AvgIpc) is 2.61. The SMILES string of the molecule is CC[C@H](C(=O)Nc1ccccc1OC)N(c1ccc(C)c(Cl)c1)S(C)(=O)=O. The first-order chi connectivity index (χ1) is 12.7. The number of halogens is 1. The van der Waals surface area contributed by atoms with Crippen LogP contribution in [0.2, 0.25) is 5.02 Å². The minimum atomic E-state index is -3.73. The fraction of sp³-hybridized carbons (Fsp3) is 0.316. The number of aryl methyl sites for hydroxylation is 1. The molecular formula is C19H23ClN2O4S. The number of carbonyl (C=O) groups is 1. The van der Waals surface area contributed by atoms with Gasteiger partial charge in [-0.3, -0.25) is 9.10 Å². The maximum atomic E-state index is 12.9. The quantitative estimate of drug-likeness (QED) is 0.752. The van der Waals surface area contributed by atoms with Crippen LogP contribution in [0, 0.1) is 6.92 Å². The van der Waals surface area contributed by atoms with E-state index >= 15 is 0 Å². The fourth-order valence-corrected chi connectivity index (χ4v) is 4.12. The third-order valence-electron chi connectivity index (χ3n) is 4.10. The lowest BCUT2D eigenvalue weighted by atomic mass is 10.1. The Labute approximate surface area is 165 Å². The van der Waals surface area contributed by atoms with Gasteiger partial charge in [-0.1, -0.05) is 36.7 Å². The highest BCUT2D eigenvalue weighted by Gasteiger charge is 2.32. The molecule has 146 valence electrons. The fourth-order valence-electron chi connectivity index (χ4n) is 2.74. The molecule has 2 rings (SSSR count). The van der Waals surface area contributed by atoms with Gasteiger partial charge in [0.25, 0.3) is 0 Å². The molecule has 2 aromatic rings. The Morgan fingerprint density at radius 3 is 2.48 bits per heavy atom. The molecule has 6 nitrogen and oxygen atoms in total. The second-order valence-electron chi connectivity index (χ2n) is 6.11. The number of benzene rings is 2. The summed E-state index contributed by atoms with van der Waals surface area (Å²) in [6.45, 7) is 3.57. The van der Waals surface area contributed by atoms with Gasteiger partial charge in [0.2, 0.25) is 15.9 Å². The summed E-state index contributed by atoms with van der Waals surface area (Å²) in [5.74, 6) is 0.0362. The zero-order valence-electron chi connectivity index (χ0n) is 15.7. The summed E-state index contributed by atoms with van der Waals surface area (Å²) in [4.78, 5) is 12.9. The third-order valence-corrected chi connectivity index (χ3v) is 5.69. The molecular weight excluding hydrogens is 388 g/mol. The normalized spacial score (nSPS) is 12.3. The first-order valence-electron chi connectivity index (χ1n) is 8.38. The Morgan fingerprint density at radius 1 is 1.26 bits per heavy atom. The lowest BCUT2D eigenvalue weighted by Crippen LogP contribution is -2.47. The van der Waals surface area contributed by atoms with Gasteiger partial charge in [-0.2, -0.15) is 0 Å². The molecule has 0 spiro atoms. The van der Waals surface area contributed by atoms with Crippen LogP contribution in [0.3, 0.4) is 0 Å². The highest BCUT2D eigenvalue weighted by atomic mass is 35.5. The smallest absolute Gasteiger partial charge is 0.248 e. The molecule has 0 aliphatic heterocycles. The number of nitrogens with zero attached hydrogens (tertiary/aromatic N) is 1. The molecule has 1 atom stereocenters. The molecule has 0 aromatic heterocycles. The van der Waals surface area contributed by atoms with Crippen molar-refractivity contribution in [2.75, 3.05) is 23.0 Å². The first-order valence-corrected chi connectivity index (χ1v) is 10.6. The highest BCUT2D eigenvalue weighted by molar-refractivity contribution is 7.92. The van der Waals surface area contributed by atoms with E-state index in [2.05, 4.69) is 5.32 Å². The van der Waals surface area contributed by atoms with E-state index in [0.717, 1.165) is 16.1 Å². The number of hydrogen-bond acceptors (Lipinski definition) is 4. The summed E-state index contributed by atoms with van der Waals surface area (Å²) in [5, 5.41) is 3.19. The van der Waals surface area contributed by atoms with Gasteiger partial charge >= 0.3 is 0 Å². The van der Waals surface area contributed by atoms with Crippen molar-refractivity contribution in [3.63, 3.8) is 0 Å². The molecule has 0 heterocycles. The molecule has 0 saturated heterocycles. The van der Waals surface area contributed by atoms with Crippen LogP contribution < -0.4 is 14.4 Å². The van der Waals surface area contributed by atoms with E-state index < -0.39 is 22.0 Å². The Kier molecular flexibility index (Phi) is 6.73. The average molecular weight is 411 g/mol. The van der Waals surface area contributed by atoms with E-state index in [1.54, 1.807) is 49.4 Å². The van der Waals surface area contributed by atoms with Gasteiger partial charge in [0.15, 0.2) is 0 Å². The number of anilines is 2. The van der Waals surface area contributed by atoms with Crippen molar-refractivity contribution < 1.29 is 17.9 Å². The van der Waals surface area contributed by atoms with Crippen molar-refractivity contribution in [1.82, 2.24) is 0 Å². The Hall–Kier alpha value is -2.25. The summed E-state index contributed by atoms with van der Waals surface area (Å²) < 4.78 is 31.3. The number of amides is 1. The molecule has 0 bridgehead atoms. The molecule has 1 N–H and O–H groups in total. The number of para-hydroxylation sites is 2. The van der Waals surface area contributed by atoms with Gasteiger partial charge in [-0.15, -0.1) is 0 Å². The topological polar surface area (TPSA) is 75.7 Å². The number of methoxy groups -OCH3 is 1. The lowest BCUT2D eigenvalue weighted by molar-refractivity contribution is -0.117. The first kappa shape index (κ1) is 21.1. The molecule has 0 aliphatic carbocycles. The van der Waals surface area contributed by atoms with Gasteiger partial charge in [0, 0.05) is 5.02 Å². The zero-order valence-corrected chi connectivity index (χ0v) is 17.3. The standard InChI is InChI=1S/C19H23ClN2O4S/c1-5-17(19(23)21-16-8-6-7-9-18(16)26-3)22(27(4,24)25)14-11-10-13(2)15(20)12-14/h6-12,17H,5H2,1-4H3,(H,21,23)/t17-/m1/s1. The van der Waals surface area contributed by atoms with Crippen LogP contribution in [-0.2, 0) is 14.8 Å². The van der Waals surface area contributed by atoms with E-state index in [1.165, 1.54) is 7.11 Å². The van der Waals surface area contributed by atoms with Gasteiger partial charge in [-0.05, 0) is 43.2 Å². The van der Waals surface area contributed by atoms with Crippen molar-refractivity contribution in [3.05, 3.63) is 53.1 Å². The second kappa shape index (κ2) is 8.63. The predicted molar refractivity (Wildman–Crippen MR) is 109 cm³/mol. The van der Waals surface area contributed by atoms with Crippen molar-refractivity contribution in [3.8, 4) is 5.75 Å². The number of ether oxygens (including phenoxy) is 1. The van der Waals surface area contributed by atoms with Crippen molar-refractivity contribution in [2.24, 2.45) is 0 Å². The maximum absolute atomic E-state index is 12.9. The molecule has 1 amide bonds. The molecule has 0 saturated carbocycles. The number of nitrogens with one attached hydrogen (secondary N) is 1. The van der Waals surface area contributed by atoms with Gasteiger partial charge < -0.3 is 10.1 Å². The monoisotopic (exact) mass is 410 g/mol. The summed E-state index contributed by atoms with van der Waals surface area (Å²) >= 11 is 6.17. The van der Waals surface area contributed by atoms with Crippen LogP contribution in [0.5, 0.6) is 5.75 Å². The Bertz CT molecular complexity index is 931. The minimum Gasteiger partial charge on any atom is -0.495 e. The second-order valence-corrected chi connectivity index (χ2v) is 8.37. The molecule has 0 fully saturated rings. The van der Waals surface area contributed by atoms with Crippen molar-refractivity contribution in [2.45, 2.75) is 26.3 Å². The summed E-state index contributed by atoms with van der Waals surface area (Å²) in [6, 6.07) is 10.9. The third kappa shape index (κ3) is 4.93. The number of rotatable bonds is 7. The summed E-state index contributed by atoms with van der Waals surface area (Å²) in [6.07, 6.45) is 1.35. The summed E-state index contributed by atoms with van der Waals surface area (Å²) in [7, 11) is -2.23. The molecule has 27 heavy (non-hydrogen) atoms. The number of hydrogen-bond donors (Lipinski definition) is 1. The minimum absolute atomic E-state index is 0.277. The van der Waals surface area contributed by atoms with Crippen LogP contribution >= 0.6 is 11.6 Å². The molecule has 0 aliphatic rings. The van der Waals surface area contributed by atoms with Crippen LogP contribution in [0.1, 0.15) is 18.9 Å². The van der Waals surface area contributed by atoms with Crippen molar-refractivity contribution >= 4 is 38.9 Å². The number of sulfonamides is 1. The van der Waals surface area contributed by atoms with Crippen LogP contribution in [0.4, 0.5) is 11.4 Å². The Morgan fingerprint density at radius 2 is 1.93 bits per heavy atom. The molecule has 0 radical (unpaired) electrons. The highest BCUT2D eigenvalue weighted by Crippen LogP contribution is 2.29. The van der Waals surface area contributed by atoms with E-state index in [1.807, 2.05) is 6.92 Å².